The molecule has 0 saturated carbocycles. The molecule has 24 heavy (non-hydrogen) atoms. The summed E-state index contributed by atoms with van der Waals surface area (Å²) in [6.07, 6.45) is -0.110. The van der Waals surface area contributed by atoms with Crippen molar-refractivity contribution in [1.82, 2.24) is 0 Å². The topological polar surface area (TPSA) is 75.8 Å². The van der Waals surface area contributed by atoms with Gasteiger partial charge in [-0.2, -0.15) is 0 Å². The van der Waals surface area contributed by atoms with Crippen LogP contribution in [0.1, 0.15) is 16.7 Å². The number of fused-ring (bicyclic) bond motifs is 1. The van der Waals surface area contributed by atoms with Gasteiger partial charge in [-0.15, -0.1) is 0 Å². The van der Waals surface area contributed by atoms with Gasteiger partial charge in [0.05, 0.1) is 12.3 Å². The molecule has 0 fully saturated rings. The molecule has 1 aliphatic heterocycles. The van der Waals surface area contributed by atoms with Crippen LogP contribution >= 0.6 is 0 Å². The van der Waals surface area contributed by atoms with Crippen molar-refractivity contribution in [3.8, 4) is 5.75 Å². The van der Waals surface area contributed by atoms with Gasteiger partial charge in [0, 0.05) is 18.7 Å². The minimum Gasteiger partial charge on any atom is -0.478 e. The van der Waals surface area contributed by atoms with Crippen LogP contribution < -0.4 is 15.4 Å². The van der Waals surface area contributed by atoms with Crippen molar-refractivity contribution < 1.29 is 14.6 Å². The minimum atomic E-state index is -0.603. The van der Waals surface area contributed by atoms with Gasteiger partial charge in [-0.25, -0.2) is 0 Å². The molecule has 126 valence electrons. The van der Waals surface area contributed by atoms with Crippen molar-refractivity contribution in [2.75, 3.05) is 23.8 Å². The smallest absolute Gasteiger partial charge is 0.268 e. The van der Waals surface area contributed by atoms with E-state index in [0.717, 1.165) is 16.7 Å². The third kappa shape index (κ3) is 3.21. The Bertz CT molecular complexity index is 753. The number of carbonyl (C=O) groups is 1. The van der Waals surface area contributed by atoms with E-state index < -0.39 is 6.10 Å². The molecular weight excluding hydrogens is 304 g/mol. The summed E-state index contributed by atoms with van der Waals surface area (Å²) in [5.41, 5.74) is 10.4. The van der Waals surface area contributed by atoms with Gasteiger partial charge in [0.15, 0.2) is 6.10 Å². The molecule has 3 N–H and O–H groups in total. The van der Waals surface area contributed by atoms with Crippen molar-refractivity contribution in [3.05, 3.63) is 53.1 Å². The fourth-order valence-electron chi connectivity index (χ4n) is 3.20. The maximum atomic E-state index is 12.8. The van der Waals surface area contributed by atoms with E-state index >= 15 is 0 Å². The molecule has 0 bridgehead atoms. The van der Waals surface area contributed by atoms with Crippen molar-refractivity contribution in [3.63, 3.8) is 0 Å². The van der Waals surface area contributed by atoms with E-state index in [-0.39, 0.29) is 19.1 Å². The lowest BCUT2D eigenvalue weighted by Crippen LogP contribution is -2.48. The Morgan fingerprint density at radius 2 is 1.88 bits per heavy atom. The van der Waals surface area contributed by atoms with Gasteiger partial charge in [0.2, 0.25) is 0 Å². The molecule has 1 heterocycles. The highest BCUT2D eigenvalue weighted by atomic mass is 16.5. The highest BCUT2D eigenvalue weighted by Crippen LogP contribution is 2.36. The van der Waals surface area contributed by atoms with E-state index in [0.29, 0.717) is 23.5 Å². The number of nitrogen functional groups attached to an aromatic ring is 1. The summed E-state index contributed by atoms with van der Waals surface area (Å²) in [6, 6.07) is 11.5. The Kier molecular flexibility index (Phi) is 4.44. The molecule has 1 atom stereocenters. The zero-order valence-electron chi connectivity index (χ0n) is 14.0. The molecule has 0 saturated heterocycles. The lowest BCUT2D eigenvalue weighted by molar-refractivity contribution is -0.126. The number of benzene rings is 2. The second-order valence-corrected chi connectivity index (χ2v) is 6.25. The number of amides is 1. The third-order valence-electron chi connectivity index (χ3n) is 4.11. The number of nitrogens with zero attached hydrogens (tertiary/aromatic N) is 1. The van der Waals surface area contributed by atoms with Gasteiger partial charge >= 0.3 is 0 Å². The Balaban J connectivity index is 1.92. The number of nitrogens with two attached hydrogens (primary N) is 1. The van der Waals surface area contributed by atoms with Crippen molar-refractivity contribution in [1.29, 1.82) is 0 Å². The van der Waals surface area contributed by atoms with Crippen LogP contribution in [0.15, 0.2) is 36.4 Å². The monoisotopic (exact) mass is 326 g/mol. The maximum absolute atomic E-state index is 12.8. The minimum absolute atomic E-state index is 0.115. The third-order valence-corrected chi connectivity index (χ3v) is 4.11. The first-order chi connectivity index (χ1) is 11.5. The van der Waals surface area contributed by atoms with Crippen molar-refractivity contribution in [2.24, 2.45) is 0 Å². The number of ether oxygens (including phenoxy) is 1. The molecule has 0 spiro atoms. The number of rotatable bonds is 4. The van der Waals surface area contributed by atoms with Crippen LogP contribution in [0.5, 0.6) is 5.75 Å². The summed E-state index contributed by atoms with van der Waals surface area (Å²) < 4.78 is 5.93. The average molecular weight is 326 g/mol. The first-order valence-corrected chi connectivity index (χ1v) is 8.03. The number of hydrogen-bond donors (Lipinski definition) is 2. The quantitative estimate of drug-likeness (QED) is 0.845. The van der Waals surface area contributed by atoms with Crippen LogP contribution in [0.3, 0.4) is 0 Å². The Hall–Kier alpha value is -2.53. The van der Waals surface area contributed by atoms with E-state index in [2.05, 4.69) is 18.2 Å². The predicted molar refractivity (Wildman–Crippen MR) is 94.3 cm³/mol. The van der Waals surface area contributed by atoms with Gasteiger partial charge in [-0.05, 0) is 37.6 Å². The highest BCUT2D eigenvalue weighted by Gasteiger charge is 2.34. The number of aryl methyl sites for hydroxylation is 2. The summed E-state index contributed by atoms with van der Waals surface area (Å²) >= 11 is 0. The molecule has 0 radical (unpaired) electrons. The zero-order chi connectivity index (χ0) is 17.3. The summed E-state index contributed by atoms with van der Waals surface area (Å²) in [6.45, 7) is 4.19. The lowest BCUT2D eigenvalue weighted by Gasteiger charge is -2.34. The van der Waals surface area contributed by atoms with E-state index in [1.165, 1.54) is 0 Å². The molecule has 5 heteroatoms. The SMILES string of the molecule is Cc1cc(C)cc(CC2Oc3ccc(N)cc3N(CCO)C2=O)c1. The molecule has 0 aliphatic carbocycles. The van der Waals surface area contributed by atoms with Gasteiger partial charge in [-0.1, -0.05) is 29.3 Å². The van der Waals surface area contributed by atoms with Gasteiger partial charge in [0.1, 0.15) is 5.75 Å². The number of carbonyl (C=O) groups excluding carboxylic acids is 1. The zero-order valence-corrected chi connectivity index (χ0v) is 14.0. The standard InChI is InChI=1S/C19H22N2O3/c1-12-7-13(2)9-14(8-12)10-18-19(23)21(5-6-22)16-11-15(20)3-4-17(16)24-18/h3-4,7-9,11,18,22H,5-6,10,20H2,1-2H3. The molecule has 0 aromatic heterocycles. The molecule has 1 amide bonds. The van der Waals surface area contributed by atoms with E-state index in [4.69, 9.17) is 10.5 Å². The van der Waals surface area contributed by atoms with E-state index in [1.54, 1.807) is 23.1 Å². The fraction of sp³-hybridized carbons (Fsp3) is 0.316. The van der Waals surface area contributed by atoms with Gasteiger partial charge < -0.3 is 20.5 Å². The van der Waals surface area contributed by atoms with Gasteiger partial charge in [-0.3, -0.25) is 4.79 Å². The Morgan fingerprint density at radius 1 is 1.17 bits per heavy atom. The predicted octanol–water partition coefficient (Wildman–Crippen LogP) is 2.21. The van der Waals surface area contributed by atoms with Gasteiger partial charge in [0.25, 0.3) is 5.91 Å². The Morgan fingerprint density at radius 3 is 2.54 bits per heavy atom. The normalized spacial score (nSPS) is 16.7. The number of β-amino-alcohol motifs (C(OH)–C–C–N with tert-alkyl or cyclic N) is 1. The number of aliphatic hydroxyl groups excluding tert-OH is 1. The number of anilines is 2. The van der Waals surface area contributed by atoms with E-state index in [1.807, 2.05) is 13.8 Å². The summed E-state index contributed by atoms with van der Waals surface area (Å²) in [7, 11) is 0. The summed E-state index contributed by atoms with van der Waals surface area (Å²) in [5, 5.41) is 9.31. The maximum Gasteiger partial charge on any atom is 0.268 e. The van der Waals surface area contributed by atoms with E-state index in [9.17, 15) is 9.90 Å². The van der Waals surface area contributed by atoms with Crippen LogP contribution in [0, 0.1) is 13.8 Å². The molecule has 2 aromatic carbocycles. The highest BCUT2D eigenvalue weighted by molar-refractivity contribution is 6.00. The van der Waals surface area contributed by atoms with Crippen LogP contribution in [-0.4, -0.2) is 30.3 Å². The van der Waals surface area contributed by atoms with Crippen molar-refractivity contribution in [2.45, 2.75) is 26.4 Å². The second-order valence-electron chi connectivity index (χ2n) is 6.25. The largest absolute Gasteiger partial charge is 0.478 e. The first-order valence-electron chi connectivity index (χ1n) is 8.03. The molecule has 1 unspecified atom stereocenters. The summed E-state index contributed by atoms with van der Waals surface area (Å²) in [4.78, 5) is 14.4. The number of aliphatic hydroxyl groups is 1. The van der Waals surface area contributed by atoms with Crippen LogP contribution in [0.2, 0.25) is 0 Å². The molecule has 2 aromatic rings. The fourth-order valence-corrected chi connectivity index (χ4v) is 3.20. The van der Waals surface area contributed by atoms with Crippen LogP contribution in [0.4, 0.5) is 11.4 Å². The molecule has 1 aliphatic rings. The van der Waals surface area contributed by atoms with Crippen LogP contribution in [0.25, 0.3) is 0 Å². The lowest BCUT2D eigenvalue weighted by atomic mass is 10.0. The number of hydrogen-bond acceptors (Lipinski definition) is 4. The Labute approximate surface area is 141 Å². The first kappa shape index (κ1) is 16.3. The molecule has 3 rings (SSSR count). The average Bonchev–Trinajstić information content (AvgIpc) is 2.51. The molecular formula is C19H22N2O3. The summed E-state index contributed by atoms with van der Waals surface area (Å²) in [5.74, 6) is 0.466. The van der Waals surface area contributed by atoms with Crippen LogP contribution in [-0.2, 0) is 11.2 Å². The van der Waals surface area contributed by atoms with Crippen molar-refractivity contribution >= 4 is 17.3 Å². The molecule has 5 nitrogen and oxygen atoms in total. The second kappa shape index (κ2) is 6.53.